The molecule has 0 atom stereocenters. The lowest BCUT2D eigenvalue weighted by atomic mass is 10.2. The minimum absolute atomic E-state index is 0.0405. The van der Waals surface area contributed by atoms with Crippen molar-refractivity contribution in [2.45, 2.75) is 18.4 Å². The number of nitrogens with zero attached hydrogens (tertiary/aromatic N) is 1. The Hall–Kier alpha value is -3.14. The van der Waals surface area contributed by atoms with E-state index in [1.165, 1.54) is 62.8 Å². The van der Waals surface area contributed by atoms with Gasteiger partial charge in [-0.1, -0.05) is 41.4 Å². The van der Waals surface area contributed by atoms with Crippen molar-refractivity contribution in [2.75, 3.05) is 26.1 Å². The first kappa shape index (κ1) is 25.5. The van der Waals surface area contributed by atoms with Gasteiger partial charge in [0.15, 0.2) is 0 Å². The molecule has 10 heteroatoms. The SMILES string of the molecule is COc1cc(NC(=O)CN(Cc2ccc(F)cc2)S(=O)(=O)c2ccc(C)cc2)c(OC)cc1Cl. The molecule has 0 aromatic heterocycles. The van der Waals surface area contributed by atoms with E-state index in [1.807, 2.05) is 6.92 Å². The summed E-state index contributed by atoms with van der Waals surface area (Å²) in [4.78, 5) is 13.0. The standard InChI is InChI=1S/C24H24ClFN2O5S/c1-16-4-10-19(11-5-16)34(30,31)28(14-17-6-8-18(26)9-7-17)15-24(29)27-21-13-22(32-2)20(25)12-23(21)33-3/h4-13H,14-15H2,1-3H3,(H,27,29). The molecule has 0 saturated heterocycles. The smallest absolute Gasteiger partial charge is 0.243 e. The zero-order valence-corrected chi connectivity index (χ0v) is 20.4. The molecule has 0 saturated carbocycles. The highest BCUT2D eigenvalue weighted by Crippen LogP contribution is 2.36. The van der Waals surface area contributed by atoms with Crippen molar-refractivity contribution in [1.29, 1.82) is 0 Å². The van der Waals surface area contributed by atoms with Crippen LogP contribution in [-0.2, 0) is 21.4 Å². The van der Waals surface area contributed by atoms with Crippen molar-refractivity contribution >= 4 is 33.2 Å². The predicted octanol–water partition coefficient (Wildman–Crippen LogP) is 4.63. The third-order valence-corrected chi connectivity index (χ3v) is 7.10. The number of aryl methyl sites for hydroxylation is 1. The molecular weight excluding hydrogens is 483 g/mol. The number of sulfonamides is 1. The molecule has 0 fully saturated rings. The van der Waals surface area contributed by atoms with Gasteiger partial charge in [-0.2, -0.15) is 4.31 Å². The Morgan fingerprint density at radius 1 is 1.00 bits per heavy atom. The van der Waals surface area contributed by atoms with Crippen molar-refractivity contribution in [3.8, 4) is 11.5 Å². The first-order valence-corrected chi connectivity index (χ1v) is 12.0. The summed E-state index contributed by atoms with van der Waals surface area (Å²) >= 11 is 6.11. The summed E-state index contributed by atoms with van der Waals surface area (Å²) < 4.78 is 51.6. The van der Waals surface area contributed by atoms with E-state index in [9.17, 15) is 17.6 Å². The highest BCUT2D eigenvalue weighted by atomic mass is 35.5. The summed E-state index contributed by atoms with van der Waals surface area (Å²) in [5.41, 5.74) is 1.68. The number of benzene rings is 3. The molecule has 0 aliphatic carbocycles. The van der Waals surface area contributed by atoms with E-state index in [2.05, 4.69) is 5.32 Å². The average Bonchev–Trinajstić information content (AvgIpc) is 2.81. The number of methoxy groups -OCH3 is 2. The lowest BCUT2D eigenvalue weighted by Gasteiger charge is -2.22. The van der Waals surface area contributed by atoms with Crippen molar-refractivity contribution in [3.05, 3.63) is 82.6 Å². The number of rotatable bonds is 9. The molecule has 1 amide bonds. The van der Waals surface area contributed by atoms with E-state index in [0.717, 1.165) is 9.87 Å². The summed E-state index contributed by atoms with van der Waals surface area (Å²) in [5, 5.41) is 2.94. The van der Waals surface area contributed by atoms with Gasteiger partial charge >= 0.3 is 0 Å². The first-order valence-electron chi connectivity index (χ1n) is 10.2. The summed E-state index contributed by atoms with van der Waals surface area (Å²) in [6.45, 7) is 1.21. The third-order valence-electron chi connectivity index (χ3n) is 5.00. The van der Waals surface area contributed by atoms with Crippen LogP contribution >= 0.6 is 11.6 Å². The summed E-state index contributed by atoms with van der Waals surface area (Å²) in [7, 11) is -1.21. The van der Waals surface area contributed by atoms with E-state index >= 15 is 0 Å². The minimum atomic E-state index is -4.05. The van der Waals surface area contributed by atoms with Crippen molar-refractivity contribution in [3.63, 3.8) is 0 Å². The Balaban J connectivity index is 1.91. The molecule has 0 radical (unpaired) electrons. The molecule has 0 aliphatic rings. The van der Waals surface area contributed by atoms with E-state index in [0.29, 0.717) is 11.3 Å². The van der Waals surface area contributed by atoms with Crippen LogP contribution in [0.5, 0.6) is 11.5 Å². The fraction of sp³-hybridized carbons (Fsp3) is 0.208. The maximum atomic E-state index is 13.4. The van der Waals surface area contributed by atoms with Crippen molar-refractivity contribution in [1.82, 2.24) is 4.31 Å². The Bertz CT molecular complexity index is 1270. The van der Waals surface area contributed by atoms with Crippen LogP contribution in [0.3, 0.4) is 0 Å². The molecule has 0 unspecified atom stereocenters. The molecule has 0 heterocycles. The number of carbonyl (C=O) groups excluding carboxylic acids is 1. The molecule has 0 aliphatic heterocycles. The van der Waals surface area contributed by atoms with Gasteiger partial charge in [0.2, 0.25) is 15.9 Å². The normalized spacial score (nSPS) is 11.4. The molecule has 34 heavy (non-hydrogen) atoms. The zero-order valence-electron chi connectivity index (χ0n) is 18.8. The average molecular weight is 507 g/mol. The highest BCUT2D eigenvalue weighted by molar-refractivity contribution is 7.89. The Morgan fingerprint density at radius 3 is 2.21 bits per heavy atom. The molecule has 180 valence electrons. The van der Waals surface area contributed by atoms with Gasteiger partial charge < -0.3 is 14.8 Å². The largest absolute Gasteiger partial charge is 0.495 e. The van der Waals surface area contributed by atoms with Crippen molar-refractivity contribution < 1.29 is 27.1 Å². The fourth-order valence-electron chi connectivity index (χ4n) is 3.19. The number of amides is 1. The van der Waals surface area contributed by atoms with Gasteiger partial charge in [0.1, 0.15) is 17.3 Å². The maximum absolute atomic E-state index is 13.4. The predicted molar refractivity (Wildman–Crippen MR) is 128 cm³/mol. The molecule has 3 aromatic rings. The summed E-state index contributed by atoms with van der Waals surface area (Å²) in [6.07, 6.45) is 0. The number of carbonyl (C=O) groups is 1. The third kappa shape index (κ3) is 6.05. The Kier molecular flexibility index (Phi) is 8.14. The van der Waals surface area contributed by atoms with Crippen LogP contribution in [0.1, 0.15) is 11.1 Å². The van der Waals surface area contributed by atoms with E-state index in [1.54, 1.807) is 12.1 Å². The number of halogens is 2. The van der Waals surface area contributed by atoms with Gasteiger partial charge in [0, 0.05) is 18.7 Å². The molecule has 0 spiro atoms. The second-order valence-electron chi connectivity index (χ2n) is 7.45. The summed E-state index contributed by atoms with van der Waals surface area (Å²) in [6, 6.07) is 14.7. The molecule has 0 bridgehead atoms. The lowest BCUT2D eigenvalue weighted by Crippen LogP contribution is -2.37. The second-order valence-corrected chi connectivity index (χ2v) is 9.79. The van der Waals surface area contributed by atoms with E-state index in [-0.39, 0.29) is 27.9 Å². The minimum Gasteiger partial charge on any atom is -0.495 e. The van der Waals surface area contributed by atoms with Gasteiger partial charge in [-0.3, -0.25) is 4.79 Å². The molecule has 3 rings (SSSR count). The summed E-state index contributed by atoms with van der Waals surface area (Å²) in [5.74, 6) is -0.461. The molecule has 7 nitrogen and oxygen atoms in total. The van der Waals surface area contributed by atoms with E-state index in [4.69, 9.17) is 21.1 Å². The second kappa shape index (κ2) is 10.9. The number of hydrogen-bond acceptors (Lipinski definition) is 5. The van der Waals surface area contributed by atoms with Crippen LogP contribution in [0.15, 0.2) is 65.6 Å². The van der Waals surface area contributed by atoms with Crippen molar-refractivity contribution in [2.24, 2.45) is 0 Å². The van der Waals surface area contributed by atoms with Gasteiger partial charge in [-0.15, -0.1) is 0 Å². The van der Waals surface area contributed by atoms with Crippen LogP contribution in [-0.4, -0.2) is 39.4 Å². The number of hydrogen-bond donors (Lipinski definition) is 1. The Labute approximate surface area is 203 Å². The molecular formula is C24H24ClFN2O5S. The number of ether oxygens (including phenoxy) is 2. The van der Waals surface area contributed by atoms with E-state index < -0.39 is 28.3 Å². The van der Waals surface area contributed by atoms with Crippen LogP contribution in [0.2, 0.25) is 5.02 Å². The van der Waals surface area contributed by atoms with Crippen LogP contribution in [0.4, 0.5) is 10.1 Å². The highest BCUT2D eigenvalue weighted by Gasteiger charge is 2.27. The topological polar surface area (TPSA) is 84.9 Å². The molecule has 1 N–H and O–H groups in total. The van der Waals surface area contributed by atoms with Gasteiger partial charge in [0.25, 0.3) is 0 Å². The zero-order chi connectivity index (χ0) is 24.9. The quantitative estimate of drug-likeness (QED) is 0.457. The van der Waals surface area contributed by atoms with Gasteiger partial charge in [0.05, 0.1) is 36.4 Å². The first-order chi connectivity index (χ1) is 16.1. The number of nitrogens with one attached hydrogen (secondary N) is 1. The monoisotopic (exact) mass is 506 g/mol. The Morgan fingerprint density at radius 2 is 1.62 bits per heavy atom. The van der Waals surface area contributed by atoms with Crippen LogP contribution in [0.25, 0.3) is 0 Å². The lowest BCUT2D eigenvalue weighted by molar-refractivity contribution is -0.116. The van der Waals surface area contributed by atoms with Gasteiger partial charge in [-0.25, -0.2) is 12.8 Å². The van der Waals surface area contributed by atoms with Gasteiger partial charge in [-0.05, 0) is 36.8 Å². The maximum Gasteiger partial charge on any atom is 0.243 e. The van der Waals surface area contributed by atoms with Crippen LogP contribution < -0.4 is 14.8 Å². The fourth-order valence-corrected chi connectivity index (χ4v) is 4.80. The number of anilines is 1. The van der Waals surface area contributed by atoms with Crippen LogP contribution in [0, 0.1) is 12.7 Å². The molecule has 3 aromatic carbocycles.